The molecule has 0 fully saturated rings. The van der Waals surface area contributed by atoms with E-state index in [0.717, 1.165) is 22.5 Å². The summed E-state index contributed by atoms with van der Waals surface area (Å²) in [5, 5.41) is 5.29. The van der Waals surface area contributed by atoms with E-state index in [1.807, 2.05) is 78.2 Å². The molecule has 0 aliphatic heterocycles. The van der Waals surface area contributed by atoms with Crippen LogP contribution in [0.25, 0.3) is 22.5 Å². The SMILES string of the molecule is O=C(Nc1nc(-c2ccccn2)cs1)c1ccc(-c2ccccc2)cc1. The van der Waals surface area contributed by atoms with Gasteiger partial charge in [-0.25, -0.2) is 4.98 Å². The van der Waals surface area contributed by atoms with E-state index in [2.05, 4.69) is 15.3 Å². The van der Waals surface area contributed by atoms with E-state index in [-0.39, 0.29) is 5.91 Å². The summed E-state index contributed by atoms with van der Waals surface area (Å²) in [4.78, 5) is 21.2. The molecule has 4 rings (SSSR count). The topological polar surface area (TPSA) is 54.9 Å². The predicted molar refractivity (Wildman–Crippen MR) is 105 cm³/mol. The second kappa shape index (κ2) is 7.29. The molecule has 2 aromatic carbocycles. The zero-order chi connectivity index (χ0) is 17.8. The van der Waals surface area contributed by atoms with Gasteiger partial charge in [-0.1, -0.05) is 48.5 Å². The molecule has 0 unspecified atom stereocenters. The van der Waals surface area contributed by atoms with Crippen LogP contribution in [0.2, 0.25) is 0 Å². The Morgan fingerprint density at radius 2 is 1.54 bits per heavy atom. The minimum absolute atomic E-state index is 0.175. The molecule has 5 heteroatoms. The number of hydrogen-bond acceptors (Lipinski definition) is 4. The van der Waals surface area contributed by atoms with Crippen molar-refractivity contribution < 1.29 is 4.79 Å². The number of nitrogens with one attached hydrogen (secondary N) is 1. The Balaban J connectivity index is 1.48. The number of anilines is 1. The highest BCUT2D eigenvalue weighted by atomic mass is 32.1. The Bertz CT molecular complexity index is 1010. The molecule has 2 heterocycles. The average molecular weight is 357 g/mol. The van der Waals surface area contributed by atoms with Crippen LogP contribution in [0.4, 0.5) is 5.13 Å². The van der Waals surface area contributed by atoms with Crippen molar-refractivity contribution in [3.05, 3.63) is 89.9 Å². The number of pyridine rings is 1. The maximum Gasteiger partial charge on any atom is 0.257 e. The van der Waals surface area contributed by atoms with E-state index in [1.165, 1.54) is 11.3 Å². The lowest BCUT2D eigenvalue weighted by Gasteiger charge is -2.04. The van der Waals surface area contributed by atoms with Crippen LogP contribution < -0.4 is 5.32 Å². The van der Waals surface area contributed by atoms with Gasteiger partial charge in [0.2, 0.25) is 0 Å². The summed E-state index contributed by atoms with van der Waals surface area (Å²) in [5.74, 6) is -0.175. The first-order valence-electron chi connectivity index (χ1n) is 8.13. The highest BCUT2D eigenvalue weighted by Gasteiger charge is 2.10. The molecule has 126 valence electrons. The number of rotatable bonds is 4. The van der Waals surface area contributed by atoms with Crippen LogP contribution in [-0.2, 0) is 0 Å². The Kier molecular flexibility index (Phi) is 4.53. The van der Waals surface area contributed by atoms with E-state index in [1.54, 1.807) is 6.20 Å². The minimum atomic E-state index is -0.175. The number of benzene rings is 2. The fraction of sp³-hybridized carbons (Fsp3) is 0. The smallest absolute Gasteiger partial charge is 0.257 e. The van der Waals surface area contributed by atoms with Crippen LogP contribution >= 0.6 is 11.3 Å². The van der Waals surface area contributed by atoms with Crippen molar-refractivity contribution in [3.63, 3.8) is 0 Å². The quantitative estimate of drug-likeness (QED) is 0.551. The standard InChI is InChI=1S/C21H15N3OS/c25-20(17-11-9-16(10-12-17)15-6-2-1-3-7-15)24-21-23-19(14-26-21)18-8-4-5-13-22-18/h1-14H,(H,23,24,25). The molecule has 0 saturated heterocycles. The molecular weight excluding hydrogens is 342 g/mol. The largest absolute Gasteiger partial charge is 0.298 e. The second-order valence-corrected chi connectivity index (χ2v) is 6.51. The number of hydrogen-bond donors (Lipinski definition) is 1. The average Bonchev–Trinajstić information content (AvgIpc) is 3.18. The fourth-order valence-electron chi connectivity index (χ4n) is 2.58. The van der Waals surface area contributed by atoms with Gasteiger partial charge in [0, 0.05) is 17.1 Å². The summed E-state index contributed by atoms with van der Waals surface area (Å²) in [5.41, 5.74) is 4.34. The highest BCUT2D eigenvalue weighted by molar-refractivity contribution is 7.14. The van der Waals surface area contributed by atoms with Crippen LogP contribution in [0.15, 0.2) is 84.4 Å². The Morgan fingerprint density at radius 1 is 0.808 bits per heavy atom. The molecule has 0 spiro atoms. The summed E-state index contributed by atoms with van der Waals surface area (Å²) in [7, 11) is 0. The molecule has 0 aliphatic rings. The van der Waals surface area contributed by atoms with Gasteiger partial charge in [0.1, 0.15) is 5.69 Å². The molecule has 2 aromatic heterocycles. The van der Waals surface area contributed by atoms with Crippen molar-refractivity contribution in [2.45, 2.75) is 0 Å². The summed E-state index contributed by atoms with van der Waals surface area (Å²) < 4.78 is 0. The van der Waals surface area contributed by atoms with Crippen molar-refractivity contribution in [1.82, 2.24) is 9.97 Å². The first-order chi connectivity index (χ1) is 12.8. The number of nitrogens with zero attached hydrogens (tertiary/aromatic N) is 2. The van der Waals surface area contributed by atoms with Gasteiger partial charge < -0.3 is 0 Å². The molecule has 0 atom stereocenters. The number of amides is 1. The van der Waals surface area contributed by atoms with E-state index < -0.39 is 0 Å². The molecule has 0 aliphatic carbocycles. The number of thiazole rings is 1. The molecular formula is C21H15N3OS. The lowest BCUT2D eigenvalue weighted by atomic mass is 10.0. The summed E-state index contributed by atoms with van der Waals surface area (Å²) in [6.45, 7) is 0. The summed E-state index contributed by atoms with van der Waals surface area (Å²) in [6.07, 6.45) is 1.72. The third-order valence-electron chi connectivity index (χ3n) is 3.91. The molecule has 1 amide bonds. The molecule has 4 aromatic rings. The first kappa shape index (κ1) is 16.2. The van der Waals surface area contributed by atoms with Gasteiger partial charge in [0.15, 0.2) is 5.13 Å². The third-order valence-corrected chi connectivity index (χ3v) is 4.66. The van der Waals surface area contributed by atoms with Gasteiger partial charge in [-0.2, -0.15) is 0 Å². The monoisotopic (exact) mass is 357 g/mol. The molecule has 26 heavy (non-hydrogen) atoms. The van der Waals surface area contributed by atoms with Crippen LogP contribution in [0.1, 0.15) is 10.4 Å². The van der Waals surface area contributed by atoms with Crippen LogP contribution in [0.3, 0.4) is 0 Å². The van der Waals surface area contributed by atoms with Crippen molar-refractivity contribution in [2.75, 3.05) is 5.32 Å². The normalized spacial score (nSPS) is 10.5. The Morgan fingerprint density at radius 3 is 2.27 bits per heavy atom. The second-order valence-electron chi connectivity index (χ2n) is 5.65. The van der Waals surface area contributed by atoms with Gasteiger partial charge in [-0.15, -0.1) is 11.3 Å². The highest BCUT2D eigenvalue weighted by Crippen LogP contribution is 2.24. The number of carbonyl (C=O) groups excluding carboxylic acids is 1. The van der Waals surface area contributed by atoms with Crippen molar-refractivity contribution in [1.29, 1.82) is 0 Å². The summed E-state index contributed by atoms with van der Waals surface area (Å²) in [6, 6.07) is 23.3. The molecule has 0 saturated carbocycles. The van der Waals surface area contributed by atoms with Crippen molar-refractivity contribution in [2.24, 2.45) is 0 Å². The van der Waals surface area contributed by atoms with Gasteiger partial charge in [0.25, 0.3) is 5.91 Å². The molecule has 0 radical (unpaired) electrons. The van der Waals surface area contributed by atoms with E-state index in [9.17, 15) is 4.79 Å². The van der Waals surface area contributed by atoms with Crippen LogP contribution in [0, 0.1) is 0 Å². The van der Waals surface area contributed by atoms with E-state index >= 15 is 0 Å². The predicted octanol–water partition coefficient (Wildman–Crippen LogP) is 5.12. The summed E-state index contributed by atoms with van der Waals surface area (Å²) >= 11 is 1.38. The third kappa shape index (κ3) is 3.53. The first-order valence-corrected chi connectivity index (χ1v) is 9.01. The maximum atomic E-state index is 12.4. The Labute approximate surface area is 155 Å². The van der Waals surface area contributed by atoms with E-state index in [0.29, 0.717) is 10.7 Å². The Hall–Kier alpha value is -3.31. The van der Waals surface area contributed by atoms with Gasteiger partial charge in [-0.05, 0) is 35.4 Å². The molecule has 1 N–H and O–H groups in total. The number of carbonyl (C=O) groups is 1. The minimum Gasteiger partial charge on any atom is -0.298 e. The lowest BCUT2D eigenvalue weighted by Crippen LogP contribution is -2.11. The van der Waals surface area contributed by atoms with Crippen LogP contribution in [-0.4, -0.2) is 15.9 Å². The molecule has 4 nitrogen and oxygen atoms in total. The zero-order valence-electron chi connectivity index (χ0n) is 13.8. The molecule has 0 bridgehead atoms. The lowest BCUT2D eigenvalue weighted by molar-refractivity contribution is 0.102. The van der Waals surface area contributed by atoms with Crippen LogP contribution in [0.5, 0.6) is 0 Å². The number of aromatic nitrogens is 2. The van der Waals surface area contributed by atoms with E-state index in [4.69, 9.17) is 0 Å². The van der Waals surface area contributed by atoms with Gasteiger partial charge >= 0.3 is 0 Å². The maximum absolute atomic E-state index is 12.4. The van der Waals surface area contributed by atoms with Crippen molar-refractivity contribution in [3.8, 4) is 22.5 Å². The van der Waals surface area contributed by atoms with Crippen molar-refractivity contribution >= 4 is 22.4 Å². The van der Waals surface area contributed by atoms with Gasteiger partial charge in [-0.3, -0.25) is 15.1 Å². The fourth-order valence-corrected chi connectivity index (χ4v) is 3.28. The van der Waals surface area contributed by atoms with Gasteiger partial charge in [0.05, 0.1) is 5.69 Å². The zero-order valence-corrected chi connectivity index (χ0v) is 14.6.